The second-order valence-electron chi connectivity index (χ2n) is 4.35. The molecule has 19 heavy (non-hydrogen) atoms. The summed E-state index contributed by atoms with van der Waals surface area (Å²) in [6.07, 6.45) is 5.58. The van der Waals surface area contributed by atoms with Gasteiger partial charge in [-0.05, 0) is 23.8 Å². The van der Waals surface area contributed by atoms with Crippen LogP contribution in [-0.2, 0) is 6.42 Å². The van der Waals surface area contributed by atoms with Crippen LogP contribution in [0.1, 0.15) is 15.9 Å². The minimum atomic E-state index is 0.0948. The van der Waals surface area contributed by atoms with Gasteiger partial charge in [0.25, 0.3) is 0 Å². The van der Waals surface area contributed by atoms with Crippen LogP contribution in [0.2, 0.25) is 0 Å². The molecule has 1 N–H and O–H groups in total. The van der Waals surface area contributed by atoms with E-state index in [2.05, 4.69) is 25.9 Å². The molecule has 2 heterocycles. The van der Waals surface area contributed by atoms with Gasteiger partial charge in [-0.3, -0.25) is 9.78 Å². The van der Waals surface area contributed by atoms with Crippen molar-refractivity contribution in [1.82, 2.24) is 9.97 Å². The molecule has 3 nitrogen and oxygen atoms in total. The Bertz CT molecular complexity index is 748. The number of rotatable bonds is 3. The van der Waals surface area contributed by atoms with E-state index in [1.807, 2.05) is 30.3 Å². The second kappa shape index (κ2) is 4.97. The van der Waals surface area contributed by atoms with E-state index in [0.717, 1.165) is 20.9 Å². The molecule has 0 radical (unpaired) electrons. The summed E-state index contributed by atoms with van der Waals surface area (Å²) in [5, 5.41) is 0.877. The molecule has 0 spiro atoms. The van der Waals surface area contributed by atoms with E-state index in [4.69, 9.17) is 0 Å². The zero-order valence-electron chi connectivity index (χ0n) is 10.1. The molecule has 0 aliphatic heterocycles. The maximum absolute atomic E-state index is 12.3. The highest BCUT2D eigenvalue weighted by Gasteiger charge is 2.12. The Balaban J connectivity index is 1.92. The van der Waals surface area contributed by atoms with Crippen LogP contribution in [0, 0.1) is 0 Å². The number of carbonyl (C=O) groups is 1. The molecule has 94 valence electrons. The first-order chi connectivity index (χ1) is 9.24. The van der Waals surface area contributed by atoms with Crippen molar-refractivity contribution in [2.75, 3.05) is 0 Å². The molecule has 3 aromatic rings. The fourth-order valence-electron chi connectivity index (χ4n) is 2.12. The molecule has 2 aromatic heterocycles. The van der Waals surface area contributed by atoms with E-state index in [0.29, 0.717) is 12.0 Å². The van der Waals surface area contributed by atoms with E-state index in [1.54, 1.807) is 18.6 Å². The quantitative estimate of drug-likeness (QED) is 0.748. The van der Waals surface area contributed by atoms with Crippen LogP contribution >= 0.6 is 15.9 Å². The SMILES string of the molecule is O=C(Cc1cccc(Br)c1)c1c[nH]c2ccncc12. The van der Waals surface area contributed by atoms with Gasteiger partial charge in [-0.1, -0.05) is 28.1 Å². The number of pyridine rings is 1. The lowest BCUT2D eigenvalue weighted by atomic mass is 10.0. The number of H-pyrrole nitrogens is 1. The normalized spacial score (nSPS) is 10.8. The summed E-state index contributed by atoms with van der Waals surface area (Å²) >= 11 is 3.41. The van der Waals surface area contributed by atoms with Crippen molar-refractivity contribution in [3.8, 4) is 0 Å². The number of hydrogen-bond donors (Lipinski definition) is 1. The molecule has 0 unspecified atom stereocenters. The summed E-state index contributed by atoms with van der Waals surface area (Å²) in [6.45, 7) is 0. The second-order valence-corrected chi connectivity index (χ2v) is 5.27. The smallest absolute Gasteiger partial charge is 0.169 e. The summed E-state index contributed by atoms with van der Waals surface area (Å²) < 4.78 is 0.985. The largest absolute Gasteiger partial charge is 0.360 e. The summed E-state index contributed by atoms with van der Waals surface area (Å²) in [6, 6.07) is 9.67. The number of fused-ring (bicyclic) bond motifs is 1. The molecule has 0 aliphatic carbocycles. The summed E-state index contributed by atoms with van der Waals surface area (Å²) in [4.78, 5) is 19.5. The summed E-state index contributed by atoms with van der Waals surface area (Å²) in [5.41, 5.74) is 2.63. The monoisotopic (exact) mass is 314 g/mol. The van der Waals surface area contributed by atoms with Gasteiger partial charge in [0, 0.05) is 46.0 Å². The zero-order chi connectivity index (χ0) is 13.2. The van der Waals surface area contributed by atoms with Crippen LogP contribution in [0.25, 0.3) is 10.9 Å². The van der Waals surface area contributed by atoms with Gasteiger partial charge in [-0.25, -0.2) is 0 Å². The van der Waals surface area contributed by atoms with Gasteiger partial charge in [0.1, 0.15) is 0 Å². The van der Waals surface area contributed by atoms with E-state index in [-0.39, 0.29) is 5.78 Å². The topological polar surface area (TPSA) is 45.8 Å². The first kappa shape index (κ1) is 12.1. The van der Waals surface area contributed by atoms with Gasteiger partial charge in [0.2, 0.25) is 0 Å². The maximum Gasteiger partial charge on any atom is 0.169 e. The van der Waals surface area contributed by atoms with Gasteiger partial charge < -0.3 is 4.98 Å². The average Bonchev–Trinajstić information content (AvgIpc) is 2.82. The van der Waals surface area contributed by atoms with Crippen LogP contribution in [-0.4, -0.2) is 15.8 Å². The van der Waals surface area contributed by atoms with E-state index in [9.17, 15) is 4.79 Å². The molecule has 0 saturated carbocycles. The minimum absolute atomic E-state index is 0.0948. The number of nitrogens with zero attached hydrogens (tertiary/aromatic N) is 1. The van der Waals surface area contributed by atoms with Crippen molar-refractivity contribution in [3.63, 3.8) is 0 Å². The van der Waals surface area contributed by atoms with Crippen LogP contribution in [0.4, 0.5) is 0 Å². The lowest BCUT2D eigenvalue weighted by molar-refractivity contribution is 0.0994. The fraction of sp³-hybridized carbons (Fsp3) is 0.0667. The fourth-order valence-corrected chi connectivity index (χ4v) is 2.57. The Labute approximate surface area is 118 Å². The zero-order valence-corrected chi connectivity index (χ0v) is 11.6. The number of halogens is 1. The molecule has 0 atom stereocenters. The van der Waals surface area contributed by atoms with Crippen LogP contribution in [0.3, 0.4) is 0 Å². The minimum Gasteiger partial charge on any atom is -0.360 e. The van der Waals surface area contributed by atoms with E-state index in [1.165, 1.54) is 0 Å². The van der Waals surface area contributed by atoms with Crippen molar-refractivity contribution in [3.05, 3.63) is 64.5 Å². The number of benzene rings is 1. The Morgan fingerprint density at radius 2 is 2.21 bits per heavy atom. The van der Waals surface area contributed by atoms with Gasteiger partial charge in [-0.15, -0.1) is 0 Å². The maximum atomic E-state index is 12.3. The molecule has 0 fully saturated rings. The van der Waals surface area contributed by atoms with Gasteiger partial charge >= 0.3 is 0 Å². The lowest BCUT2D eigenvalue weighted by Crippen LogP contribution is -2.02. The molecule has 0 bridgehead atoms. The average molecular weight is 315 g/mol. The molecular weight excluding hydrogens is 304 g/mol. The Morgan fingerprint density at radius 3 is 3.05 bits per heavy atom. The molecule has 0 saturated heterocycles. The first-order valence-corrected chi connectivity index (χ1v) is 6.72. The van der Waals surface area contributed by atoms with Crippen LogP contribution < -0.4 is 0 Å². The number of Topliss-reactive ketones (excluding diaryl/α,β-unsaturated/α-hetero) is 1. The number of aromatic nitrogens is 2. The van der Waals surface area contributed by atoms with E-state index < -0.39 is 0 Å². The third-order valence-corrected chi connectivity index (χ3v) is 3.53. The number of aromatic amines is 1. The highest BCUT2D eigenvalue weighted by atomic mass is 79.9. The highest BCUT2D eigenvalue weighted by molar-refractivity contribution is 9.10. The van der Waals surface area contributed by atoms with Gasteiger partial charge in [0.15, 0.2) is 5.78 Å². The molecule has 4 heteroatoms. The van der Waals surface area contributed by atoms with Crippen molar-refractivity contribution >= 4 is 32.6 Å². The number of ketones is 1. The number of carbonyl (C=O) groups excluding carboxylic acids is 1. The molecule has 1 aromatic carbocycles. The standard InChI is InChI=1S/C15H11BrN2O/c16-11-3-1-2-10(6-11)7-15(19)13-9-18-14-4-5-17-8-12(13)14/h1-6,8-9,18H,7H2. The predicted octanol–water partition coefficient (Wildman–Crippen LogP) is 3.75. The van der Waals surface area contributed by atoms with Crippen LogP contribution in [0.5, 0.6) is 0 Å². The molecule has 0 aliphatic rings. The Morgan fingerprint density at radius 1 is 1.32 bits per heavy atom. The molecule has 3 rings (SSSR count). The third-order valence-electron chi connectivity index (χ3n) is 3.04. The van der Waals surface area contributed by atoms with Crippen molar-refractivity contribution in [2.45, 2.75) is 6.42 Å². The Hall–Kier alpha value is -1.94. The molecule has 0 amide bonds. The van der Waals surface area contributed by atoms with Gasteiger partial charge in [-0.2, -0.15) is 0 Å². The first-order valence-electron chi connectivity index (χ1n) is 5.93. The van der Waals surface area contributed by atoms with Crippen molar-refractivity contribution < 1.29 is 4.79 Å². The Kier molecular flexibility index (Phi) is 3.17. The van der Waals surface area contributed by atoms with Crippen molar-refractivity contribution in [1.29, 1.82) is 0 Å². The highest BCUT2D eigenvalue weighted by Crippen LogP contribution is 2.19. The summed E-state index contributed by atoms with van der Waals surface area (Å²) in [7, 11) is 0. The predicted molar refractivity (Wildman–Crippen MR) is 78.3 cm³/mol. The third kappa shape index (κ3) is 2.44. The van der Waals surface area contributed by atoms with E-state index >= 15 is 0 Å². The number of hydrogen-bond acceptors (Lipinski definition) is 2. The van der Waals surface area contributed by atoms with Crippen LogP contribution in [0.15, 0.2) is 53.4 Å². The van der Waals surface area contributed by atoms with Gasteiger partial charge in [0.05, 0.1) is 0 Å². The number of nitrogens with one attached hydrogen (secondary N) is 1. The van der Waals surface area contributed by atoms with Crippen molar-refractivity contribution in [2.24, 2.45) is 0 Å². The molecular formula is C15H11BrN2O. The lowest BCUT2D eigenvalue weighted by Gasteiger charge is -2.01. The summed E-state index contributed by atoms with van der Waals surface area (Å²) in [5.74, 6) is 0.0948.